The zero-order valence-electron chi connectivity index (χ0n) is 15.9. The van der Waals surface area contributed by atoms with Crippen LogP contribution in [0.3, 0.4) is 0 Å². The van der Waals surface area contributed by atoms with E-state index in [1.54, 1.807) is 0 Å². The lowest BCUT2D eigenvalue weighted by atomic mass is 9.48. The molecule has 1 aliphatic heterocycles. The molecule has 4 bridgehead atoms. The normalized spacial score (nSPS) is 37.3. The van der Waals surface area contributed by atoms with Crippen LogP contribution in [0, 0.1) is 17.3 Å². The molecule has 4 aliphatic carbocycles. The van der Waals surface area contributed by atoms with Gasteiger partial charge in [-0.15, -0.1) is 0 Å². The Morgan fingerprint density at radius 3 is 2.54 bits per heavy atom. The van der Waals surface area contributed by atoms with Crippen LogP contribution < -0.4 is 5.32 Å². The van der Waals surface area contributed by atoms with E-state index in [-0.39, 0.29) is 36.0 Å². The Morgan fingerprint density at radius 1 is 1.29 bits per heavy atom. The first-order valence-corrected chi connectivity index (χ1v) is 10.9. The Balaban J connectivity index is 1.29. The van der Waals surface area contributed by atoms with Crippen molar-refractivity contribution in [2.24, 2.45) is 17.3 Å². The minimum Gasteiger partial charge on any atom is -0.452 e. The van der Waals surface area contributed by atoms with Crippen molar-refractivity contribution in [1.29, 1.82) is 0 Å². The quantitative estimate of drug-likeness (QED) is 0.630. The molecule has 3 atom stereocenters. The summed E-state index contributed by atoms with van der Waals surface area (Å²) in [5.41, 5.74) is -1.43. The average Bonchev–Trinajstić information content (AvgIpc) is 2.91. The molecule has 1 heterocycles. The van der Waals surface area contributed by atoms with Gasteiger partial charge in [0, 0.05) is 13.1 Å². The van der Waals surface area contributed by atoms with Crippen molar-refractivity contribution in [3.05, 3.63) is 0 Å². The number of nitrogens with zero attached hydrogens (tertiary/aromatic N) is 1. The maximum atomic E-state index is 12.9. The van der Waals surface area contributed by atoms with Crippen molar-refractivity contribution in [2.45, 2.75) is 57.2 Å². The number of aliphatic hydroxyl groups is 1. The van der Waals surface area contributed by atoms with Gasteiger partial charge in [-0.05, 0) is 57.3 Å². The number of amides is 3. The molecule has 5 aliphatic rings. The van der Waals surface area contributed by atoms with E-state index in [9.17, 15) is 24.3 Å². The fraction of sp³-hybridized carbons (Fsp3) is 0.789. The number of hydrogen-bond donors (Lipinski definition) is 2. The van der Waals surface area contributed by atoms with Crippen LogP contribution in [-0.4, -0.2) is 63.6 Å². The average molecular weight is 410 g/mol. The van der Waals surface area contributed by atoms with Crippen molar-refractivity contribution in [1.82, 2.24) is 10.2 Å². The molecule has 3 amide bonds. The van der Waals surface area contributed by atoms with Gasteiger partial charge in [0.15, 0.2) is 6.10 Å². The molecular formula is C19H26N2O6S. The van der Waals surface area contributed by atoms with Gasteiger partial charge in [-0.1, -0.05) is 11.8 Å². The van der Waals surface area contributed by atoms with Crippen LogP contribution in [0.1, 0.15) is 45.4 Å². The highest BCUT2D eigenvalue weighted by Gasteiger charge is 2.61. The molecule has 1 saturated heterocycles. The lowest BCUT2D eigenvalue weighted by molar-refractivity contribution is -0.200. The van der Waals surface area contributed by atoms with Gasteiger partial charge in [0.2, 0.25) is 5.91 Å². The molecule has 5 fully saturated rings. The van der Waals surface area contributed by atoms with Gasteiger partial charge < -0.3 is 15.2 Å². The molecule has 28 heavy (non-hydrogen) atoms. The molecule has 9 heteroatoms. The Bertz CT molecular complexity index is 695. The first-order chi connectivity index (χ1) is 13.2. The summed E-state index contributed by atoms with van der Waals surface area (Å²) in [6, 6.07) is 0. The predicted octanol–water partition coefficient (Wildman–Crippen LogP) is 1.06. The predicted molar refractivity (Wildman–Crippen MR) is 100 cm³/mol. The van der Waals surface area contributed by atoms with E-state index in [2.05, 4.69) is 5.32 Å². The third kappa shape index (κ3) is 3.54. The van der Waals surface area contributed by atoms with E-state index in [1.807, 2.05) is 0 Å². The van der Waals surface area contributed by atoms with Crippen molar-refractivity contribution >= 4 is 34.8 Å². The van der Waals surface area contributed by atoms with E-state index in [0.717, 1.165) is 48.8 Å². The monoisotopic (exact) mass is 410 g/mol. The summed E-state index contributed by atoms with van der Waals surface area (Å²) in [4.78, 5) is 49.4. The highest BCUT2D eigenvalue weighted by atomic mass is 32.2. The maximum Gasteiger partial charge on any atom is 0.312 e. The Labute approximate surface area is 167 Å². The summed E-state index contributed by atoms with van der Waals surface area (Å²) < 4.78 is 5.49. The zero-order valence-corrected chi connectivity index (χ0v) is 16.8. The number of esters is 1. The molecule has 0 radical (unpaired) electrons. The van der Waals surface area contributed by atoms with Crippen LogP contribution in [0.4, 0.5) is 4.79 Å². The van der Waals surface area contributed by atoms with E-state index in [0.29, 0.717) is 18.3 Å². The Kier molecular flexibility index (Phi) is 4.94. The summed E-state index contributed by atoms with van der Waals surface area (Å²) in [6.07, 6.45) is 3.53. The summed E-state index contributed by atoms with van der Waals surface area (Å²) in [7, 11) is 0. The number of ether oxygens (including phenoxy) is 1. The number of carbonyl (C=O) groups is 4. The van der Waals surface area contributed by atoms with Gasteiger partial charge in [0.1, 0.15) is 0 Å². The summed E-state index contributed by atoms with van der Waals surface area (Å²) in [5, 5.41) is 13.1. The van der Waals surface area contributed by atoms with Gasteiger partial charge in [-0.25, -0.2) is 0 Å². The van der Waals surface area contributed by atoms with E-state index in [4.69, 9.17) is 4.74 Å². The smallest absolute Gasteiger partial charge is 0.312 e. The third-order valence-corrected chi connectivity index (χ3v) is 7.45. The minimum atomic E-state index is -0.963. The van der Waals surface area contributed by atoms with Crippen LogP contribution in [0.15, 0.2) is 0 Å². The highest BCUT2D eigenvalue weighted by molar-refractivity contribution is 8.14. The van der Waals surface area contributed by atoms with Crippen LogP contribution in [0.25, 0.3) is 0 Å². The van der Waals surface area contributed by atoms with E-state index >= 15 is 0 Å². The molecule has 8 nitrogen and oxygen atoms in total. The number of thioether (sulfide) groups is 1. The zero-order chi connectivity index (χ0) is 20.1. The van der Waals surface area contributed by atoms with Crippen molar-refractivity contribution in [3.63, 3.8) is 0 Å². The van der Waals surface area contributed by atoms with E-state index in [1.165, 1.54) is 6.92 Å². The molecule has 2 N–H and O–H groups in total. The van der Waals surface area contributed by atoms with Gasteiger partial charge >= 0.3 is 5.97 Å². The largest absolute Gasteiger partial charge is 0.452 e. The Morgan fingerprint density at radius 2 is 1.96 bits per heavy atom. The van der Waals surface area contributed by atoms with Crippen molar-refractivity contribution in [2.75, 3.05) is 18.8 Å². The summed E-state index contributed by atoms with van der Waals surface area (Å²) in [6.45, 7) is 1.75. The molecule has 4 saturated carbocycles. The molecule has 0 aromatic heterocycles. The standard InChI is InChI=1S/C19H26N2O6S/c1-11(15(23)20-2-3-21-14(22)9-28-17(21)25)27-16(24)18-5-12-4-13(6-18)8-19(26,7-12)10-18/h11-13,26H,2-10H2,1H3,(H,20,23)/t11-,12-,13-,18?,19?/m1/s1. The second kappa shape index (κ2) is 7.02. The molecule has 0 spiro atoms. The lowest BCUT2D eigenvalue weighted by Crippen LogP contribution is -2.59. The fourth-order valence-electron chi connectivity index (χ4n) is 5.82. The number of rotatable bonds is 6. The maximum absolute atomic E-state index is 12.9. The van der Waals surface area contributed by atoms with Crippen molar-refractivity contribution < 1.29 is 29.0 Å². The van der Waals surface area contributed by atoms with Crippen LogP contribution in [-0.2, 0) is 19.1 Å². The number of hydrogen-bond acceptors (Lipinski definition) is 7. The second-order valence-electron chi connectivity index (χ2n) is 8.90. The van der Waals surface area contributed by atoms with Gasteiger partial charge in [-0.3, -0.25) is 24.1 Å². The molecule has 154 valence electrons. The van der Waals surface area contributed by atoms with Gasteiger partial charge in [-0.2, -0.15) is 0 Å². The third-order valence-electron chi connectivity index (χ3n) is 6.59. The number of nitrogens with one attached hydrogen (secondary N) is 1. The van der Waals surface area contributed by atoms with Crippen LogP contribution in [0.5, 0.6) is 0 Å². The molecule has 0 aromatic rings. The first kappa shape index (κ1) is 19.7. The SMILES string of the molecule is C[C@@H](OC(=O)C12C[C@H]3C[C@@H](CC(O)(C3)C1)C2)C(=O)NCCN1C(=O)CSC1=O. The Hall–Kier alpha value is -1.61. The van der Waals surface area contributed by atoms with Gasteiger partial charge in [0.05, 0.1) is 16.8 Å². The number of carbonyl (C=O) groups excluding carboxylic acids is 4. The minimum absolute atomic E-state index is 0.109. The van der Waals surface area contributed by atoms with Crippen LogP contribution >= 0.6 is 11.8 Å². The number of imide groups is 1. The molecule has 0 unspecified atom stereocenters. The second-order valence-corrected chi connectivity index (χ2v) is 9.83. The lowest BCUT2D eigenvalue weighted by Gasteiger charge is -2.58. The van der Waals surface area contributed by atoms with E-state index < -0.39 is 23.0 Å². The van der Waals surface area contributed by atoms with Gasteiger partial charge in [0.25, 0.3) is 11.1 Å². The summed E-state index contributed by atoms with van der Waals surface area (Å²) in [5.74, 6) is -0.249. The molecule has 0 aromatic carbocycles. The molecule has 5 rings (SSSR count). The first-order valence-electron chi connectivity index (χ1n) is 9.88. The highest BCUT2D eigenvalue weighted by Crippen LogP contribution is 2.62. The molecular weight excluding hydrogens is 384 g/mol. The van der Waals surface area contributed by atoms with Crippen molar-refractivity contribution in [3.8, 4) is 0 Å². The topological polar surface area (TPSA) is 113 Å². The fourth-order valence-corrected chi connectivity index (χ4v) is 6.58. The van der Waals surface area contributed by atoms with Crippen LogP contribution in [0.2, 0.25) is 0 Å². The summed E-state index contributed by atoms with van der Waals surface area (Å²) >= 11 is 0.949.